The molecule has 0 spiro atoms. The number of aliphatic hydroxyl groups is 3. The summed E-state index contributed by atoms with van der Waals surface area (Å²) in [5, 5.41) is 40.0. The number of amides is 2. The fourth-order valence-corrected chi connectivity index (χ4v) is 15.2. The summed E-state index contributed by atoms with van der Waals surface area (Å²) in [5.74, 6) is 0. The van der Waals surface area contributed by atoms with Gasteiger partial charge < -0.3 is 84.2 Å². The number of benzene rings is 4. The van der Waals surface area contributed by atoms with Gasteiger partial charge in [0.05, 0.1) is 80.5 Å². The maximum atomic E-state index is 13.3. The van der Waals surface area contributed by atoms with Gasteiger partial charge in [0.25, 0.3) is 23.2 Å². The molecule has 12 rings (SSSR count). The third-order valence-electron chi connectivity index (χ3n) is 20.3. The van der Waals surface area contributed by atoms with Gasteiger partial charge >= 0.3 is 153 Å². The smallest absolute Gasteiger partial charge is 1.00 e. The van der Waals surface area contributed by atoms with Crippen molar-refractivity contribution in [1.29, 1.82) is 0 Å². The van der Waals surface area contributed by atoms with Gasteiger partial charge in [0.15, 0.2) is 0 Å². The summed E-state index contributed by atoms with van der Waals surface area (Å²) in [6, 6.07) is 47.2. The number of aliphatic hydroxyl groups excluding tert-OH is 1. The predicted molar refractivity (Wildman–Crippen MR) is 518 cm³/mol. The maximum absolute atomic E-state index is 13.3. The summed E-state index contributed by atoms with van der Waals surface area (Å²) in [6.07, 6.45) is 12.7. The van der Waals surface area contributed by atoms with Gasteiger partial charge in [-0.25, -0.2) is 40.3 Å². The van der Waals surface area contributed by atoms with Crippen molar-refractivity contribution < 1.29 is 250 Å². The first kappa shape index (κ1) is 136. The second-order valence-electron chi connectivity index (χ2n) is 32.7. The zero-order valence-corrected chi connectivity index (χ0v) is 94.8. The van der Waals surface area contributed by atoms with E-state index in [2.05, 4.69) is 87.3 Å². The number of aromatic nitrogens is 4. The largest absolute Gasteiger partial charge is 1.00 e. The second-order valence-corrected chi connectivity index (χ2v) is 39.5. The second kappa shape index (κ2) is 65.9. The number of hydrogen-bond acceptors (Lipinski definition) is 24. The molecule has 8 heterocycles. The normalized spacial score (nSPS) is 17.0. The number of H-pyrrole nitrogens is 1. The number of rotatable bonds is 29. The molecular formula is C92H113BBr4F13K2N7O23S2. The van der Waals surface area contributed by atoms with Crippen LogP contribution in [0.15, 0.2) is 238 Å². The Kier molecular flexibility index (Phi) is 62.1. The minimum atomic E-state index is -5.60. The average molecular weight is 2400 g/mol. The molecule has 30 nitrogen and oxygen atoms in total. The fraction of sp³-hybridized carbons (Fsp3) is 0.446. The van der Waals surface area contributed by atoms with Gasteiger partial charge in [-0.3, -0.25) is 32.3 Å². The van der Waals surface area contributed by atoms with Crippen LogP contribution in [0.5, 0.6) is 0 Å². The SMILES string of the molecule is C[C@@H](c1ccc(-c2ccc(=O)n(CCF)c2)cc1)N1CC[C@](CC(C)(C)O)(c2ccccc2)OC1=O.C[C@@H](c1ccc(B2OC(C)(C)C(C)(C)O2)cc1)N1CC[C@](CC(C)(C)O)(c2ccccc2)OC1=O.FCCOC1C=CC(Br)=CN1.O=CO[O-].O=S(=O)(OCCF)C(F)(F)F.O=S(=O)(OCCF)C(F)(F)F.O=c1ccc(Br)c[nH]1.O=c1ccc(Br)cn1CCF.O=c1ccc(Br)cn1CCF.OCCF.[H-].[K+].[K+]. The van der Waals surface area contributed by atoms with Crippen LogP contribution in [0.2, 0.25) is 0 Å². The number of aryl methyl sites for hydroxylation is 3. The monoisotopic (exact) mass is 2400 g/mol. The molecule has 4 aliphatic heterocycles. The third-order valence-corrected chi connectivity index (χ3v) is 24.3. The van der Waals surface area contributed by atoms with E-state index < -0.39 is 138 Å². The molecule has 3 saturated heterocycles. The molecule has 0 radical (unpaired) electrons. The number of ether oxygens (including phenoxy) is 3. The van der Waals surface area contributed by atoms with Crippen LogP contribution in [0.4, 0.5) is 66.7 Å². The number of hydrogen-bond donors (Lipinski definition) is 5. The Bertz CT molecular complexity index is 5600. The number of dihydropyridines is 1. The molecule has 0 aliphatic carbocycles. The summed E-state index contributed by atoms with van der Waals surface area (Å²) in [5.41, 5.74) is -9.70. The van der Waals surface area contributed by atoms with Gasteiger partial charge in [-0.15, -0.1) is 0 Å². The molecule has 144 heavy (non-hydrogen) atoms. The summed E-state index contributed by atoms with van der Waals surface area (Å²) < 4.78 is 232. The number of halogens is 17. The minimum absolute atomic E-state index is 0. The van der Waals surface area contributed by atoms with Crippen LogP contribution < -0.4 is 141 Å². The van der Waals surface area contributed by atoms with E-state index in [0.717, 1.165) is 56.7 Å². The van der Waals surface area contributed by atoms with E-state index in [9.17, 15) is 113 Å². The molecule has 5 N–H and O–H groups in total. The fourth-order valence-electron chi connectivity index (χ4n) is 13.0. The van der Waals surface area contributed by atoms with E-state index >= 15 is 0 Å². The van der Waals surface area contributed by atoms with Crippen LogP contribution in [-0.2, 0) is 92.6 Å². The van der Waals surface area contributed by atoms with E-state index in [1.807, 2.05) is 163 Å². The van der Waals surface area contributed by atoms with Crippen molar-refractivity contribution in [2.24, 2.45) is 0 Å². The summed E-state index contributed by atoms with van der Waals surface area (Å²) in [6.45, 7) is 12.5. The molecule has 790 valence electrons. The van der Waals surface area contributed by atoms with Crippen molar-refractivity contribution in [2.75, 3.05) is 86.2 Å². The number of cyclic esters (lactones) is 2. The van der Waals surface area contributed by atoms with Crippen molar-refractivity contribution in [2.45, 2.75) is 177 Å². The molecule has 4 aliphatic rings. The van der Waals surface area contributed by atoms with Crippen LogP contribution in [0, 0.1) is 0 Å². The molecule has 4 aromatic heterocycles. The zero-order valence-electron chi connectivity index (χ0n) is 81.6. The van der Waals surface area contributed by atoms with E-state index in [-0.39, 0.29) is 190 Å². The van der Waals surface area contributed by atoms with E-state index in [1.165, 1.54) is 38.0 Å². The molecule has 8 aromatic rings. The Balaban J connectivity index is 0.00000173. The van der Waals surface area contributed by atoms with Crippen LogP contribution in [0.1, 0.15) is 131 Å². The Hall–Kier alpha value is -6.14. The number of nitrogens with zero attached hydrogens (tertiary/aromatic N) is 5. The number of alkyl halides is 13. The topological polar surface area (TPSA) is 394 Å². The van der Waals surface area contributed by atoms with E-state index in [4.69, 9.17) is 38.7 Å². The van der Waals surface area contributed by atoms with Crippen LogP contribution in [0.25, 0.3) is 11.1 Å². The molecule has 0 bridgehead atoms. The number of pyridine rings is 4. The van der Waals surface area contributed by atoms with Gasteiger partial charge in [0.2, 0.25) is 5.56 Å². The van der Waals surface area contributed by atoms with Gasteiger partial charge in [-0.2, -0.15) is 43.2 Å². The first-order valence-corrected chi connectivity index (χ1v) is 48.8. The van der Waals surface area contributed by atoms with Crippen molar-refractivity contribution in [3.05, 3.63) is 282 Å². The number of aromatic amines is 1. The van der Waals surface area contributed by atoms with E-state index in [1.54, 1.807) is 92.7 Å². The van der Waals surface area contributed by atoms with Crippen molar-refractivity contribution in [1.82, 2.24) is 33.8 Å². The number of carbonyl (C=O) groups is 3. The molecule has 1 unspecified atom stereocenters. The van der Waals surface area contributed by atoms with E-state index in [0.29, 0.717) is 38.8 Å². The number of allylic oxidation sites excluding steroid dienone is 2. The van der Waals surface area contributed by atoms with Gasteiger partial charge in [0, 0.05) is 112 Å². The van der Waals surface area contributed by atoms with Crippen LogP contribution >= 0.6 is 63.7 Å². The summed E-state index contributed by atoms with van der Waals surface area (Å²) in [4.78, 5) is 87.9. The Morgan fingerprint density at radius 2 is 0.889 bits per heavy atom. The average Bonchev–Trinajstić information content (AvgIpc) is 1.26. The van der Waals surface area contributed by atoms with Gasteiger partial charge in [-0.05, 0) is 208 Å². The van der Waals surface area contributed by atoms with Crippen molar-refractivity contribution >= 4 is 115 Å². The van der Waals surface area contributed by atoms with Gasteiger partial charge in [-0.1, -0.05) is 109 Å². The van der Waals surface area contributed by atoms with Crippen LogP contribution in [0.3, 0.4) is 0 Å². The van der Waals surface area contributed by atoms with Crippen molar-refractivity contribution in [3.63, 3.8) is 0 Å². The quantitative estimate of drug-likeness (QED) is 0.00553. The van der Waals surface area contributed by atoms with Gasteiger partial charge in [0.1, 0.15) is 64.2 Å². The summed E-state index contributed by atoms with van der Waals surface area (Å²) in [7, 11) is -11.6. The molecule has 52 heteroatoms. The van der Waals surface area contributed by atoms with Crippen LogP contribution in [-0.4, -0.2) is 212 Å². The molecule has 2 amide bonds. The Morgan fingerprint density at radius 3 is 1.20 bits per heavy atom. The molecule has 5 atom stereocenters. The molecule has 4 aromatic carbocycles. The minimum Gasteiger partial charge on any atom is -1.00 e. The first-order chi connectivity index (χ1) is 66.4. The molecule has 3 fully saturated rings. The first-order valence-electron chi connectivity index (χ1n) is 42.8. The zero-order chi connectivity index (χ0) is 107. The molecular weight excluding hydrogens is 2290 g/mol. The standard InChI is InChI=1S/C29H33FN2O4.C28H38BNO5.C7H9BrFNO.2C7H7BrFNO.C5H4BrNO.2C3H4F4O3S.C2H5FO.CH2O3.2K.H/c1-21(22-9-11-23(12-10-22)24-13-14-26(33)31(19-24)18-16-30)32-17-15-29(36-27(32)34,20-28(2,3)35)25-7-5-4-6-8-25;1-20(21-13-15-23(16-14-21)29-34-26(4,5)27(6,7)35-29)30-18-17-28(33-24(30)31,19-25(2,3)32)22-11-9-8-10-12-22;8-6-1-2-7(10-5-6)11-4-3-9;2*8-6-1-2-7(11)10(5-6)4-3-9;6-4-1-2-5(8)7-3-4;2*4-1-2-10-11(8,9)3(5,6)7;3-1-2-4;2-1-4-3;;;/h4-14,19,21,35H,15-18,20H2,1-3H3;8-16,20,32H,17-19H2,1-7H3;1-2,5,7,10H,3-4H2;2*1-2,5H,3-4H2;1-3H,(H,7,8);2*1-2H2;4H,1-2H2;1,3H;;;/q;;;;;;;;;;2*+1;-1/p-1/t21-,29-;20-,28-;;;;;;;;;;;/m00.........../s1. The number of carbonyl (C=O) groups excluding carboxylic acids is 3. The number of nitrogens with one attached hydrogen (secondary N) is 2. The predicted octanol–water partition coefficient (Wildman–Crippen LogP) is 10.5. The Morgan fingerprint density at radius 1 is 0.528 bits per heavy atom. The summed E-state index contributed by atoms with van der Waals surface area (Å²) >= 11 is 12.8. The third kappa shape index (κ3) is 47.2. The maximum Gasteiger partial charge on any atom is 1.00 e. The van der Waals surface area contributed by atoms with Crippen molar-refractivity contribution in [3.8, 4) is 11.1 Å². The molecule has 0 saturated carbocycles. The Labute approximate surface area is 945 Å².